The third kappa shape index (κ3) is 6.71. The highest BCUT2D eigenvalue weighted by molar-refractivity contribution is 5.79. The first kappa shape index (κ1) is 24.1. The van der Waals surface area contributed by atoms with E-state index < -0.39 is 11.7 Å². The zero-order valence-corrected chi connectivity index (χ0v) is 18.5. The molecule has 0 saturated carbocycles. The van der Waals surface area contributed by atoms with Gasteiger partial charge in [-0.2, -0.15) is 13.2 Å². The van der Waals surface area contributed by atoms with Gasteiger partial charge in [0.05, 0.1) is 5.56 Å². The van der Waals surface area contributed by atoms with Crippen molar-refractivity contribution in [3.63, 3.8) is 0 Å². The summed E-state index contributed by atoms with van der Waals surface area (Å²) in [5, 5.41) is 10.2. The summed E-state index contributed by atoms with van der Waals surface area (Å²) in [7, 11) is 1.65. The summed E-state index contributed by atoms with van der Waals surface area (Å²) in [6.07, 6.45) is -2.66. The Balaban J connectivity index is 1.61. The third-order valence-corrected chi connectivity index (χ3v) is 5.80. The van der Waals surface area contributed by atoms with Crippen molar-refractivity contribution in [1.29, 1.82) is 0 Å². The summed E-state index contributed by atoms with van der Waals surface area (Å²) in [6, 6.07) is 15.7. The Morgan fingerprint density at radius 3 is 2.44 bits per heavy atom. The Labute approximate surface area is 187 Å². The molecule has 1 atom stereocenters. The van der Waals surface area contributed by atoms with E-state index in [-0.39, 0.29) is 18.1 Å². The van der Waals surface area contributed by atoms with E-state index >= 15 is 0 Å². The van der Waals surface area contributed by atoms with Crippen LogP contribution in [0.5, 0.6) is 0 Å². The lowest BCUT2D eigenvalue weighted by Crippen LogP contribution is -2.58. The molecule has 174 valence electrons. The number of nitrogens with one attached hydrogen (secondary N) is 3. The monoisotopic (exact) mass is 448 g/mol. The number of guanidine groups is 1. The number of rotatable bonds is 7. The molecule has 0 aromatic heterocycles. The molecule has 2 aromatic carbocycles. The minimum atomic E-state index is -4.35. The molecular weight excluding hydrogens is 417 g/mol. The lowest BCUT2D eigenvalue weighted by Gasteiger charge is -2.41. The Kier molecular flexibility index (Phi) is 8.15. The van der Waals surface area contributed by atoms with Gasteiger partial charge in [0.1, 0.15) is 0 Å². The van der Waals surface area contributed by atoms with Crippen LogP contribution in [0.2, 0.25) is 0 Å². The second-order valence-electron chi connectivity index (χ2n) is 8.15. The molecule has 0 radical (unpaired) electrons. The lowest BCUT2D eigenvalue weighted by atomic mass is 9.88. The van der Waals surface area contributed by atoms with Crippen LogP contribution in [0.3, 0.4) is 0 Å². The number of alkyl halides is 3. The van der Waals surface area contributed by atoms with Crippen molar-refractivity contribution in [2.24, 2.45) is 4.99 Å². The molecule has 8 heteroatoms. The molecule has 1 aliphatic rings. The van der Waals surface area contributed by atoms with Crippen LogP contribution in [0.4, 0.5) is 13.2 Å². The second-order valence-corrected chi connectivity index (χ2v) is 8.15. The lowest BCUT2D eigenvalue weighted by molar-refractivity contribution is -0.137. The molecule has 0 amide bonds. The minimum Gasteiger partial charge on any atom is -0.381 e. The summed E-state index contributed by atoms with van der Waals surface area (Å²) < 4.78 is 44.4. The fourth-order valence-electron chi connectivity index (χ4n) is 3.94. The van der Waals surface area contributed by atoms with Crippen LogP contribution in [0.1, 0.15) is 42.5 Å². The van der Waals surface area contributed by atoms with E-state index in [4.69, 9.17) is 4.74 Å². The zero-order chi connectivity index (χ0) is 23.0. The van der Waals surface area contributed by atoms with E-state index in [2.05, 4.69) is 40.0 Å². The van der Waals surface area contributed by atoms with Gasteiger partial charge in [-0.05, 0) is 43.0 Å². The maximum Gasteiger partial charge on any atom is 0.416 e. The largest absolute Gasteiger partial charge is 0.416 e. The van der Waals surface area contributed by atoms with Crippen LogP contribution < -0.4 is 16.0 Å². The fourth-order valence-corrected chi connectivity index (χ4v) is 3.94. The molecule has 5 nitrogen and oxygen atoms in total. The first-order valence-electron chi connectivity index (χ1n) is 10.8. The van der Waals surface area contributed by atoms with Gasteiger partial charge in [0.15, 0.2) is 5.96 Å². The molecule has 3 rings (SSSR count). The van der Waals surface area contributed by atoms with Crippen molar-refractivity contribution in [2.75, 3.05) is 26.8 Å². The number of nitrogens with zero attached hydrogens (tertiary/aromatic N) is 1. The smallest absolute Gasteiger partial charge is 0.381 e. The first-order valence-corrected chi connectivity index (χ1v) is 10.8. The number of hydrogen-bond acceptors (Lipinski definition) is 3. The van der Waals surface area contributed by atoms with Gasteiger partial charge in [0.2, 0.25) is 0 Å². The summed E-state index contributed by atoms with van der Waals surface area (Å²) in [5.41, 5.74) is 0.922. The second kappa shape index (κ2) is 10.8. The van der Waals surface area contributed by atoms with E-state index in [1.807, 2.05) is 18.2 Å². The van der Waals surface area contributed by atoms with Gasteiger partial charge in [0, 0.05) is 44.9 Å². The Hall–Kier alpha value is -2.58. The van der Waals surface area contributed by atoms with Crippen LogP contribution >= 0.6 is 0 Å². The third-order valence-electron chi connectivity index (χ3n) is 5.80. The average Bonchev–Trinajstić information content (AvgIpc) is 2.80. The molecule has 0 aliphatic carbocycles. The molecule has 0 bridgehead atoms. The summed E-state index contributed by atoms with van der Waals surface area (Å²) >= 11 is 0. The standard InChI is InChI=1S/C24H31F3N4O/c1-18(20-8-4-3-5-9-20)31-23(11-13-32-14-12-23)17-30-22(28-2)29-16-19-7-6-10-21(15-19)24(25,26)27/h3-10,15,18,31H,11-14,16-17H2,1-2H3,(H2,28,29,30). The van der Waals surface area contributed by atoms with E-state index in [9.17, 15) is 13.2 Å². The van der Waals surface area contributed by atoms with Crippen molar-refractivity contribution in [1.82, 2.24) is 16.0 Å². The molecule has 2 aromatic rings. The van der Waals surface area contributed by atoms with Gasteiger partial charge in [-0.3, -0.25) is 4.99 Å². The highest BCUT2D eigenvalue weighted by atomic mass is 19.4. The van der Waals surface area contributed by atoms with Crippen LogP contribution in [-0.2, 0) is 17.5 Å². The van der Waals surface area contributed by atoms with Crippen molar-refractivity contribution >= 4 is 5.96 Å². The van der Waals surface area contributed by atoms with Gasteiger partial charge in [-0.1, -0.05) is 42.5 Å². The topological polar surface area (TPSA) is 57.7 Å². The molecule has 1 heterocycles. The highest BCUT2D eigenvalue weighted by Crippen LogP contribution is 2.29. The molecule has 1 aliphatic heterocycles. The Bertz CT molecular complexity index is 880. The normalized spacial score (nSPS) is 17.6. The molecule has 1 fully saturated rings. The first-order chi connectivity index (χ1) is 15.3. The molecule has 1 saturated heterocycles. The SMILES string of the molecule is CN=C(NCc1cccc(C(F)(F)F)c1)NCC1(NC(C)c2ccccc2)CCOCC1. The van der Waals surface area contributed by atoms with Crippen molar-refractivity contribution in [2.45, 2.75) is 44.1 Å². The van der Waals surface area contributed by atoms with E-state index in [1.165, 1.54) is 11.6 Å². The maximum absolute atomic E-state index is 13.0. The number of ether oxygens (including phenoxy) is 1. The predicted octanol–water partition coefficient (Wildman–Crippen LogP) is 4.27. The van der Waals surface area contributed by atoms with Gasteiger partial charge >= 0.3 is 6.18 Å². The quantitative estimate of drug-likeness (QED) is 0.437. The number of aliphatic imine (C=N–C) groups is 1. The van der Waals surface area contributed by atoms with Crippen molar-refractivity contribution < 1.29 is 17.9 Å². The van der Waals surface area contributed by atoms with Gasteiger partial charge in [0.25, 0.3) is 0 Å². The number of hydrogen-bond donors (Lipinski definition) is 3. The molecule has 3 N–H and O–H groups in total. The molecule has 0 spiro atoms. The number of benzene rings is 2. The maximum atomic E-state index is 13.0. The van der Waals surface area contributed by atoms with Crippen LogP contribution in [0, 0.1) is 0 Å². The van der Waals surface area contributed by atoms with Gasteiger partial charge < -0.3 is 20.7 Å². The van der Waals surface area contributed by atoms with Gasteiger partial charge in [-0.15, -0.1) is 0 Å². The Morgan fingerprint density at radius 2 is 1.78 bits per heavy atom. The minimum absolute atomic E-state index is 0.163. The van der Waals surface area contributed by atoms with Crippen molar-refractivity contribution in [3.8, 4) is 0 Å². The predicted molar refractivity (Wildman–Crippen MR) is 120 cm³/mol. The highest BCUT2D eigenvalue weighted by Gasteiger charge is 2.34. The summed E-state index contributed by atoms with van der Waals surface area (Å²) in [4.78, 5) is 4.24. The summed E-state index contributed by atoms with van der Waals surface area (Å²) in [6.45, 7) is 4.36. The van der Waals surface area contributed by atoms with Crippen LogP contribution in [-0.4, -0.2) is 38.3 Å². The molecule has 1 unspecified atom stereocenters. The van der Waals surface area contributed by atoms with Gasteiger partial charge in [-0.25, -0.2) is 0 Å². The molecular formula is C24H31F3N4O. The van der Waals surface area contributed by atoms with E-state index in [0.717, 1.165) is 25.0 Å². The van der Waals surface area contributed by atoms with Crippen LogP contribution in [0.15, 0.2) is 59.6 Å². The number of halogens is 3. The molecule has 32 heavy (non-hydrogen) atoms. The van der Waals surface area contributed by atoms with E-state index in [1.54, 1.807) is 13.1 Å². The van der Waals surface area contributed by atoms with Crippen LogP contribution in [0.25, 0.3) is 0 Å². The fraction of sp³-hybridized carbons (Fsp3) is 0.458. The average molecular weight is 449 g/mol. The Morgan fingerprint density at radius 1 is 1.06 bits per heavy atom. The van der Waals surface area contributed by atoms with Crippen molar-refractivity contribution in [3.05, 3.63) is 71.3 Å². The zero-order valence-electron chi connectivity index (χ0n) is 18.5. The summed E-state index contributed by atoms with van der Waals surface area (Å²) in [5.74, 6) is 0.544. The van der Waals surface area contributed by atoms with E-state index in [0.29, 0.717) is 31.3 Å².